The lowest BCUT2D eigenvalue weighted by molar-refractivity contribution is -0.112. The number of nitrogens with one attached hydrogen (secondary N) is 1. The van der Waals surface area contributed by atoms with Crippen LogP contribution >= 0.6 is 15.9 Å². The first kappa shape index (κ1) is 20.3. The summed E-state index contributed by atoms with van der Waals surface area (Å²) >= 11 is 3.39. The molecule has 0 fully saturated rings. The van der Waals surface area contributed by atoms with Gasteiger partial charge in [0.15, 0.2) is 0 Å². The van der Waals surface area contributed by atoms with Crippen LogP contribution < -0.4 is 10.1 Å². The summed E-state index contributed by atoms with van der Waals surface area (Å²) < 4.78 is 19.7. The average molecular weight is 451 g/mol. The third kappa shape index (κ3) is 5.77. The van der Waals surface area contributed by atoms with Gasteiger partial charge in [-0.05, 0) is 54.1 Å². The Hall–Kier alpha value is -3.43. The largest absolute Gasteiger partial charge is 0.488 e. The summed E-state index contributed by atoms with van der Waals surface area (Å²) in [6, 6.07) is 22.1. The highest BCUT2D eigenvalue weighted by molar-refractivity contribution is 9.10. The van der Waals surface area contributed by atoms with E-state index in [0.717, 1.165) is 10.0 Å². The number of carbonyl (C=O) groups excluding carboxylic acids is 1. The van der Waals surface area contributed by atoms with Crippen LogP contribution in [0.4, 0.5) is 10.1 Å². The van der Waals surface area contributed by atoms with E-state index in [0.29, 0.717) is 17.0 Å². The molecule has 3 aromatic rings. The lowest BCUT2D eigenvalue weighted by Crippen LogP contribution is -2.13. The Morgan fingerprint density at radius 2 is 1.83 bits per heavy atom. The van der Waals surface area contributed by atoms with E-state index >= 15 is 0 Å². The molecule has 1 amide bonds. The molecule has 0 heterocycles. The molecule has 0 unspecified atom stereocenters. The first-order valence-electron chi connectivity index (χ1n) is 8.70. The Labute approximate surface area is 176 Å². The zero-order chi connectivity index (χ0) is 20.6. The van der Waals surface area contributed by atoms with Gasteiger partial charge in [0.05, 0.1) is 0 Å². The standard InChI is InChI=1S/C23H16BrFN2O2/c24-19-8-11-22(29-15-16-6-9-20(25)10-7-16)17(13-19)12-18(14-26)23(28)27-21-4-2-1-3-5-21/h1-13H,15H2,(H,27,28)/b18-12+. The fourth-order valence-electron chi connectivity index (χ4n) is 2.53. The summed E-state index contributed by atoms with van der Waals surface area (Å²) in [5.41, 5.74) is 1.91. The van der Waals surface area contributed by atoms with Crippen LogP contribution in [0.1, 0.15) is 11.1 Å². The zero-order valence-corrected chi connectivity index (χ0v) is 16.8. The Bertz CT molecular complexity index is 1070. The van der Waals surface area contributed by atoms with E-state index in [9.17, 15) is 14.4 Å². The Morgan fingerprint density at radius 3 is 2.52 bits per heavy atom. The second-order valence-corrected chi connectivity index (χ2v) is 7.00. The third-order valence-electron chi connectivity index (χ3n) is 3.98. The molecule has 0 aliphatic heterocycles. The van der Waals surface area contributed by atoms with Crippen molar-refractivity contribution in [3.8, 4) is 11.8 Å². The van der Waals surface area contributed by atoms with Crippen molar-refractivity contribution in [3.63, 3.8) is 0 Å². The summed E-state index contributed by atoms with van der Waals surface area (Å²) in [4.78, 5) is 12.5. The molecule has 29 heavy (non-hydrogen) atoms. The summed E-state index contributed by atoms with van der Waals surface area (Å²) in [6.45, 7) is 0.223. The summed E-state index contributed by atoms with van der Waals surface area (Å²) in [5.74, 6) is -0.329. The van der Waals surface area contributed by atoms with Gasteiger partial charge < -0.3 is 10.1 Å². The third-order valence-corrected chi connectivity index (χ3v) is 4.47. The number of rotatable bonds is 6. The Morgan fingerprint density at radius 1 is 1.10 bits per heavy atom. The molecule has 0 saturated heterocycles. The number of halogens is 2. The van der Waals surface area contributed by atoms with Crippen molar-refractivity contribution in [2.45, 2.75) is 6.61 Å². The smallest absolute Gasteiger partial charge is 0.266 e. The lowest BCUT2D eigenvalue weighted by atomic mass is 10.1. The van der Waals surface area contributed by atoms with E-state index in [1.165, 1.54) is 18.2 Å². The maximum atomic E-state index is 13.1. The van der Waals surface area contributed by atoms with E-state index in [-0.39, 0.29) is 18.0 Å². The van der Waals surface area contributed by atoms with Crippen molar-refractivity contribution >= 4 is 33.6 Å². The molecule has 1 N–H and O–H groups in total. The normalized spacial score (nSPS) is 10.9. The van der Waals surface area contributed by atoms with Crippen LogP contribution in [-0.4, -0.2) is 5.91 Å². The minimum atomic E-state index is -0.511. The number of nitrogens with zero attached hydrogens (tertiary/aromatic N) is 1. The number of benzene rings is 3. The van der Waals surface area contributed by atoms with Crippen molar-refractivity contribution in [3.05, 3.63) is 99.8 Å². The van der Waals surface area contributed by atoms with Gasteiger partial charge in [-0.3, -0.25) is 4.79 Å². The van der Waals surface area contributed by atoms with Gasteiger partial charge in [0.2, 0.25) is 0 Å². The molecule has 0 saturated carbocycles. The SMILES string of the molecule is N#C/C(=C\c1cc(Br)ccc1OCc1ccc(F)cc1)C(=O)Nc1ccccc1. The molecule has 3 rings (SSSR count). The van der Waals surface area contributed by atoms with Gasteiger partial charge in [-0.25, -0.2) is 4.39 Å². The van der Waals surface area contributed by atoms with E-state index in [2.05, 4.69) is 21.2 Å². The molecule has 0 bridgehead atoms. The van der Waals surface area contributed by atoms with Crippen LogP contribution in [0.2, 0.25) is 0 Å². The molecule has 0 atom stereocenters. The van der Waals surface area contributed by atoms with Crippen LogP contribution in [-0.2, 0) is 11.4 Å². The summed E-state index contributed by atoms with van der Waals surface area (Å²) in [7, 11) is 0. The topological polar surface area (TPSA) is 62.1 Å². The fraction of sp³-hybridized carbons (Fsp3) is 0.0435. The molecule has 3 aromatic carbocycles. The molecule has 0 aliphatic rings. The number of anilines is 1. The molecule has 0 aliphatic carbocycles. The van der Waals surface area contributed by atoms with Crippen molar-refractivity contribution in [1.82, 2.24) is 0 Å². The van der Waals surface area contributed by atoms with Gasteiger partial charge in [-0.1, -0.05) is 46.3 Å². The lowest BCUT2D eigenvalue weighted by Gasteiger charge is -2.11. The zero-order valence-electron chi connectivity index (χ0n) is 15.2. The predicted molar refractivity (Wildman–Crippen MR) is 114 cm³/mol. The number of para-hydroxylation sites is 1. The maximum Gasteiger partial charge on any atom is 0.266 e. The molecular formula is C23H16BrFN2O2. The van der Waals surface area contributed by atoms with E-state index in [1.54, 1.807) is 54.6 Å². The summed E-state index contributed by atoms with van der Waals surface area (Å²) in [5, 5.41) is 12.2. The van der Waals surface area contributed by atoms with Crippen LogP contribution in [0, 0.1) is 17.1 Å². The second-order valence-electron chi connectivity index (χ2n) is 6.09. The van der Waals surface area contributed by atoms with Gasteiger partial charge in [0.1, 0.15) is 29.8 Å². The number of ether oxygens (including phenoxy) is 1. The Balaban J connectivity index is 1.82. The van der Waals surface area contributed by atoms with Gasteiger partial charge >= 0.3 is 0 Å². The van der Waals surface area contributed by atoms with E-state index in [4.69, 9.17) is 4.74 Å². The molecule has 144 valence electrons. The summed E-state index contributed by atoms with van der Waals surface area (Å²) in [6.07, 6.45) is 1.48. The van der Waals surface area contributed by atoms with Crippen molar-refractivity contribution in [1.29, 1.82) is 5.26 Å². The quantitative estimate of drug-likeness (QED) is 0.386. The minimum absolute atomic E-state index is 0.0569. The highest BCUT2D eigenvalue weighted by Crippen LogP contribution is 2.27. The number of nitriles is 1. The number of amides is 1. The van der Waals surface area contributed by atoms with Crippen molar-refractivity contribution < 1.29 is 13.9 Å². The predicted octanol–water partition coefficient (Wildman–Crippen LogP) is 5.71. The van der Waals surface area contributed by atoms with Crippen LogP contribution in [0.15, 0.2) is 82.8 Å². The molecular weight excluding hydrogens is 435 g/mol. The first-order chi connectivity index (χ1) is 14.0. The number of carbonyl (C=O) groups is 1. The minimum Gasteiger partial charge on any atom is -0.488 e. The Kier molecular flexibility index (Phi) is 6.77. The highest BCUT2D eigenvalue weighted by Gasteiger charge is 2.12. The van der Waals surface area contributed by atoms with Crippen LogP contribution in [0.3, 0.4) is 0 Å². The highest BCUT2D eigenvalue weighted by atomic mass is 79.9. The monoisotopic (exact) mass is 450 g/mol. The molecule has 4 nitrogen and oxygen atoms in total. The van der Waals surface area contributed by atoms with Crippen molar-refractivity contribution in [2.75, 3.05) is 5.32 Å². The van der Waals surface area contributed by atoms with Crippen LogP contribution in [0.25, 0.3) is 6.08 Å². The van der Waals surface area contributed by atoms with E-state index in [1.807, 2.05) is 12.1 Å². The fourth-order valence-corrected chi connectivity index (χ4v) is 2.91. The average Bonchev–Trinajstić information content (AvgIpc) is 2.73. The van der Waals surface area contributed by atoms with Gasteiger partial charge in [0, 0.05) is 15.7 Å². The number of hydrogen-bond acceptors (Lipinski definition) is 3. The van der Waals surface area contributed by atoms with Gasteiger partial charge in [0.25, 0.3) is 5.91 Å². The van der Waals surface area contributed by atoms with Crippen molar-refractivity contribution in [2.24, 2.45) is 0 Å². The van der Waals surface area contributed by atoms with Gasteiger partial charge in [-0.2, -0.15) is 5.26 Å². The van der Waals surface area contributed by atoms with Crippen LogP contribution in [0.5, 0.6) is 5.75 Å². The first-order valence-corrected chi connectivity index (χ1v) is 9.49. The second kappa shape index (κ2) is 9.67. The molecule has 0 spiro atoms. The van der Waals surface area contributed by atoms with E-state index < -0.39 is 5.91 Å². The molecule has 6 heteroatoms. The number of hydrogen-bond donors (Lipinski definition) is 1. The molecule has 0 aromatic heterocycles. The molecule has 0 radical (unpaired) electrons. The maximum absolute atomic E-state index is 13.1. The van der Waals surface area contributed by atoms with Gasteiger partial charge in [-0.15, -0.1) is 0 Å².